The van der Waals surface area contributed by atoms with Gasteiger partial charge in [-0.3, -0.25) is 0 Å². The predicted octanol–water partition coefficient (Wildman–Crippen LogP) is -0.502. The van der Waals surface area contributed by atoms with E-state index in [9.17, 15) is 0 Å². The summed E-state index contributed by atoms with van der Waals surface area (Å²) in [7, 11) is 0. The van der Waals surface area contributed by atoms with E-state index in [4.69, 9.17) is 3.08 Å². The summed E-state index contributed by atoms with van der Waals surface area (Å²) in [6.45, 7) is 0. The summed E-state index contributed by atoms with van der Waals surface area (Å²) in [5.74, 6) is 0. The molecule has 4 heteroatoms. The Kier molecular flexibility index (Phi) is 71.0. The molecule has 0 aromatic carbocycles. The van der Waals surface area contributed by atoms with Crippen LogP contribution in [0.3, 0.4) is 0 Å². The molecule has 0 saturated carbocycles. The van der Waals surface area contributed by atoms with Crippen LogP contribution in [-0.4, -0.2) is 22.5 Å². The van der Waals surface area contributed by atoms with E-state index >= 15 is 0 Å². The monoisotopic (exact) mass is 382 g/mol. The van der Waals surface area contributed by atoms with Crippen molar-refractivity contribution in [2.24, 2.45) is 0 Å². The van der Waals surface area contributed by atoms with E-state index in [0.29, 0.717) is 22.5 Å². The molecule has 0 N–H and O–H groups in total. The van der Waals surface area contributed by atoms with Crippen molar-refractivity contribution in [1.82, 2.24) is 0 Å². The molecule has 1 nitrogen and oxygen atoms in total. The van der Waals surface area contributed by atoms with Gasteiger partial charge in [0.15, 0.2) is 0 Å². The van der Waals surface area contributed by atoms with E-state index in [-0.39, 0.29) is 58.0 Å². The molecule has 24 valence electrons. The Morgan fingerprint density at radius 1 is 1.25 bits per heavy atom. The van der Waals surface area contributed by atoms with Gasteiger partial charge in [-0.25, -0.2) is 0 Å². The maximum absolute atomic E-state index is 8.34. The van der Waals surface area contributed by atoms with Gasteiger partial charge < -0.3 is 0 Å². The van der Waals surface area contributed by atoms with Crippen LogP contribution in [0.1, 0.15) is 0 Å². The first-order valence-electron chi connectivity index (χ1n) is 0.204. The number of hydrogen-bond acceptors (Lipinski definition) is 1. The van der Waals surface area contributed by atoms with Crippen LogP contribution >= 0.6 is 0 Å². The summed E-state index contributed by atoms with van der Waals surface area (Å²) >= 11 is 0.300. The van der Waals surface area contributed by atoms with E-state index in [0.717, 1.165) is 0 Å². The van der Waals surface area contributed by atoms with Crippen molar-refractivity contribution in [2.75, 3.05) is 0 Å². The molecule has 0 aliphatic heterocycles. The number of hydrogen-bond donors (Lipinski definition) is 0. The van der Waals surface area contributed by atoms with Gasteiger partial charge in [0.25, 0.3) is 0 Å². The number of rotatable bonds is 0. The van der Waals surface area contributed by atoms with E-state index in [1.807, 2.05) is 0 Å². The average molecular weight is 381 g/mol. The Balaban J connectivity index is -0.00000000500. The van der Waals surface area contributed by atoms with Crippen molar-refractivity contribution < 1.29 is 61.1 Å². The molecule has 0 fully saturated rings. The molecule has 0 aromatic heterocycles. The van der Waals surface area contributed by atoms with Crippen LogP contribution in [0.2, 0.25) is 0 Å². The zero-order valence-corrected chi connectivity index (χ0v) is 9.75. The summed E-state index contributed by atoms with van der Waals surface area (Å²) in [4.78, 5) is 0. The van der Waals surface area contributed by atoms with Gasteiger partial charge in [0.2, 0.25) is 0 Å². The standard InChI is InChI=1S/Ag.La.O.Sn. The van der Waals surface area contributed by atoms with Gasteiger partial charge in [0.05, 0.1) is 0 Å². The minimum absolute atomic E-state index is 0. The van der Waals surface area contributed by atoms with E-state index < -0.39 is 0 Å². The molecule has 4 radical (unpaired) electrons. The van der Waals surface area contributed by atoms with Crippen LogP contribution in [0.15, 0.2) is 0 Å². The van der Waals surface area contributed by atoms with Crippen LogP contribution in [0.5, 0.6) is 0 Å². The molecule has 0 saturated heterocycles. The zero-order valence-electron chi connectivity index (χ0n) is 1.79. The zero-order chi connectivity index (χ0) is 2.00. The third-order valence-corrected chi connectivity index (χ3v) is 0. The van der Waals surface area contributed by atoms with Crippen LogP contribution in [0.25, 0.3) is 0 Å². The van der Waals surface area contributed by atoms with Gasteiger partial charge in [-0.15, -0.1) is 0 Å². The van der Waals surface area contributed by atoms with Crippen LogP contribution in [0.4, 0.5) is 0 Å². The van der Waals surface area contributed by atoms with Crippen molar-refractivity contribution in [3.8, 4) is 0 Å². The Labute approximate surface area is 81.9 Å². The van der Waals surface area contributed by atoms with Gasteiger partial charge in [0, 0.05) is 58.0 Å². The summed E-state index contributed by atoms with van der Waals surface area (Å²) in [5, 5.41) is 0. The van der Waals surface area contributed by atoms with Crippen LogP contribution in [0, 0.1) is 35.6 Å². The fourth-order valence-corrected chi connectivity index (χ4v) is 0. The first-order valence-corrected chi connectivity index (χ1v) is 1.37. The fourth-order valence-electron chi connectivity index (χ4n) is 0. The summed E-state index contributed by atoms with van der Waals surface area (Å²) in [6.07, 6.45) is 0. The molecule has 0 unspecified atom stereocenters. The van der Waals surface area contributed by atoms with E-state index in [1.165, 1.54) is 0 Å². The van der Waals surface area contributed by atoms with Crippen molar-refractivity contribution >= 4 is 22.5 Å². The topological polar surface area (TPSA) is 17.1 Å². The van der Waals surface area contributed by atoms with Gasteiger partial charge >= 0.3 is 25.6 Å². The van der Waals surface area contributed by atoms with E-state index in [1.54, 1.807) is 0 Å². The predicted molar refractivity (Wildman–Crippen MR) is 6.44 cm³/mol. The van der Waals surface area contributed by atoms with Crippen LogP contribution < -0.4 is 0 Å². The molecular formula is AgLaOSn. The fraction of sp³-hybridized carbons (Fsp3) is 0. The van der Waals surface area contributed by atoms with Gasteiger partial charge in [-0.2, -0.15) is 0 Å². The summed E-state index contributed by atoms with van der Waals surface area (Å²) in [5.41, 5.74) is 0. The average Bonchev–Trinajstić information content (AvgIpc) is 1.00. The Bertz CT molecular complexity index is 8.00. The molecule has 0 atom stereocenters. The second kappa shape index (κ2) is 17.7. The molecule has 0 aliphatic carbocycles. The SMILES string of the molecule is [Ag].[La].[O]=[Sn]. The Morgan fingerprint density at radius 3 is 1.25 bits per heavy atom. The molecule has 0 aliphatic rings. The molecule has 0 bridgehead atoms. The minimum atomic E-state index is 0. The Hall–Kier alpha value is 2.53. The second-order valence-electron chi connectivity index (χ2n) is 0. The van der Waals surface area contributed by atoms with Gasteiger partial charge in [-0.1, -0.05) is 0 Å². The first kappa shape index (κ1) is 16.0. The molecule has 0 heterocycles. The molecule has 0 aromatic rings. The van der Waals surface area contributed by atoms with Gasteiger partial charge in [-0.05, 0) is 0 Å². The normalized spacial score (nSPS) is 1.00. The molecule has 0 rings (SSSR count). The molecule has 0 amide bonds. The quantitative estimate of drug-likeness (QED) is 0.517. The Morgan fingerprint density at radius 2 is 1.25 bits per heavy atom. The third kappa shape index (κ3) is 8.82. The molecular weight excluding hydrogens is 381 g/mol. The van der Waals surface area contributed by atoms with Crippen LogP contribution in [-0.2, 0) is 25.5 Å². The third-order valence-electron chi connectivity index (χ3n) is 0. The van der Waals surface area contributed by atoms with Crippen molar-refractivity contribution in [1.29, 1.82) is 0 Å². The van der Waals surface area contributed by atoms with Crippen molar-refractivity contribution in [3.05, 3.63) is 0 Å². The molecule has 0 spiro atoms. The summed E-state index contributed by atoms with van der Waals surface area (Å²) in [6, 6.07) is 0. The first-order chi connectivity index (χ1) is 1.00. The van der Waals surface area contributed by atoms with E-state index in [2.05, 4.69) is 0 Å². The van der Waals surface area contributed by atoms with Crippen molar-refractivity contribution in [2.45, 2.75) is 0 Å². The van der Waals surface area contributed by atoms with Crippen molar-refractivity contribution in [3.63, 3.8) is 0 Å². The molecule has 4 heavy (non-hydrogen) atoms. The summed E-state index contributed by atoms with van der Waals surface area (Å²) < 4.78 is 8.34. The van der Waals surface area contributed by atoms with Gasteiger partial charge in [0.1, 0.15) is 0 Å². The maximum atomic E-state index is 8.34. The second-order valence-corrected chi connectivity index (χ2v) is 0.